The van der Waals surface area contributed by atoms with Gasteiger partial charge in [-0.3, -0.25) is 9.36 Å². The van der Waals surface area contributed by atoms with Crippen LogP contribution in [0.3, 0.4) is 0 Å². The van der Waals surface area contributed by atoms with Gasteiger partial charge in [-0.1, -0.05) is 60.3 Å². The lowest BCUT2D eigenvalue weighted by atomic mass is 10.2. The van der Waals surface area contributed by atoms with Crippen LogP contribution in [-0.2, 0) is 4.79 Å². The first-order chi connectivity index (χ1) is 14.2. The van der Waals surface area contributed by atoms with E-state index in [2.05, 4.69) is 36.4 Å². The fourth-order valence-electron chi connectivity index (χ4n) is 2.71. The molecule has 0 fully saturated rings. The van der Waals surface area contributed by atoms with Crippen LogP contribution in [0.5, 0.6) is 0 Å². The van der Waals surface area contributed by atoms with Gasteiger partial charge in [0.05, 0.1) is 5.75 Å². The average Bonchev–Trinajstić information content (AvgIpc) is 3.19. The molecular weight excluding hydrogens is 450 g/mol. The Kier molecular flexibility index (Phi) is 6.02. The molecule has 0 bridgehead atoms. The normalized spacial score (nSPS) is 10.7. The van der Waals surface area contributed by atoms with E-state index in [1.54, 1.807) is 12.3 Å². The maximum absolute atomic E-state index is 12.4. The van der Waals surface area contributed by atoms with Gasteiger partial charge in [0.2, 0.25) is 5.91 Å². The van der Waals surface area contributed by atoms with Crippen molar-refractivity contribution in [1.29, 1.82) is 0 Å². The number of nitrogens with zero attached hydrogens (tertiary/aromatic N) is 4. The van der Waals surface area contributed by atoms with Gasteiger partial charge in [-0.05, 0) is 40.2 Å². The summed E-state index contributed by atoms with van der Waals surface area (Å²) >= 11 is 4.66. The zero-order valence-corrected chi connectivity index (χ0v) is 17.6. The number of pyridine rings is 1. The second kappa shape index (κ2) is 9.02. The molecule has 8 heteroatoms. The number of nitrogens with one attached hydrogen (secondary N) is 1. The van der Waals surface area contributed by atoms with Crippen LogP contribution in [-0.4, -0.2) is 31.4 Å². The topological polar surface area (TPSA) is 72.7 Å². The summed E-state index contributed by atoms with van der Waals surface area (Å²) in [5.41, 5.74) is 1.90. The second-order valence-corrected chi connectivity index (χ2v) is 7.90. The van der Waals surface area contributed by atoms with Gasteiger partial charge in [0.25, 0.3) is 0 Å². The molecule has 0 saturated heterocycles. The summed E-state index contributed by atoms with van der Waals surface area (Å²) in [6, 6.07) is 23.3. The van der Waals surface area contributed by atoms with Crippen LogP contribution in [0.4, 0.5) is 5.82 Å². The standard InChI is InChI=1S/C21H16BrN5OS/c22-16-11-12-18(23-13-16)24-19(28)14-29-21-26-25-20(15-7-3-1-4-8-15)27(21)17-9-5-2-6-10-17/h1-13H,14H2,(H,23,24,28). The lowest BCUT2D eigenvalue weighted by Crippen LogP contribution is -2.15. The van der Waals surface area contributed by atoms with E-state index in [1.165, 1.54) is 11.8 Å². The summed E-state index contributed by atoms with van der Waals surface area (Å²) in [7, 11) is 0. The molecular formula is C21H16BrN5OS. The lowest BCUT2D eigenvalue weighted by Gasteiger charge is -2.10. The van der Waals surface area contributed by atoms with E-state index in [0.29, 0.717) is 11.0 Å². The molecule has 4 aromatic rings. The molecule has 1 amide bonds. The fourth-order valence-corrected chi connectivity index (χ4v) is 3.69. The van der Waals surface area contributed by atoms with Crippen molar-refractivity contribution >= 4 is 39.4 Å². The van der Waals surface area contributed by atoms with E-state index < -0.39 is 0 Å². The van der Waals surface area contributed by atoms with Gasteiger partial charge >= 0.3 is 0 Å². The summed E-state index contributed by atoms with van der Waals surface area (Å²) in [4.78, 5) is 16.5. The minimum absolute atomic E-state index is 0.159. The molecule has 4 rings (SSSR count). The number of hydrogen-bond acceptors (Lipinski definition) is 5. The Morgan fingerprint density at radius 3 is 2.38 bits per heavy atom. The molecule has 29 heavy (non-hydrogen) atoms. The molecule has 0 spiro atoms. The SMILES string of the molecule is O=C(CSc1nnc(-c2ccccc2)n1-c1ccccc1)Nc1ccc(Br)cn1. The molecule has 0 saturated carbocycles. The van der Waals surface area contributed by atoms with Crippen LogP contribution in [0, 0.1) is 0 Å². The smallest absolute Gasteiger partial charge is 0.236 e. The minimum Gasteiger partial charge on any atom is -0.310 e. The number of carbonyl (C=O) groups excluding carboxylic acids is 1. The van der Waals surface area contributed by atoms with Crippen LogP contribution < -0.4 is 5.32 Å². The number of hydrogen-bond donors (Lipinski definition) is 1. The monoisotopic (exact) mass is 465 g/mol. The third kappa shape index (κ3) is 4.72. The predicted octanol–water partition coefficient (Wildman–Crippen LogP) is 4.82. The number of thioether (sulfide) groups is 1. The molecule has 0 atom stereocenters. The first-order valence-electron chi connectivity index (χ1n) is 8.81. The van der Waals surface area contributed by atoms with E-state index in [9.17, 15) is 4.79 Å². The lowest BCUT2D eigenvalue weighted by molar-refractivity contribution is -0.113. The highest BCUT2D eigenvalue weighted by Crippen LogP contribution is 2.27. The molecule has 6 nitrogen and oxygen atoms in total. The third-order valence-corrected chi connectivity index (χ3v) is 5.41. The molecule has 1 N–H and O–H groups in total. The first-order valence-corrected chi connectivity index (χ1v) is 10.6. The average molecular weight is 466 g/mol. The van der Waals surface area contributed by atoms with Crippen molar-refractivity contribution in [2.75, 3.05) is 11.1 Å². The van der Waals surface area contributed by atoms with E-state index in [0.717, 1.165) is 21.5 Å². The van der Waals surface area contributed by atoms with Crippen molar-refractivity contribution in [3.8, 4) is 17.1 Å². The van der Waals surface area contributed by atoms with Gasteiger partial charge < -0.3 is 5.32 Å². The maximum Gasteiger partial charge on any atom is 0.236 e. The number of amides is 1. The van der Waals surface area contributed by atoms with Crippen molar-refractivity contribution in [1.82, 2.24) is 19.7 Å². The Hall–Kier alpha value is -2.97. The van der Waals surface area contributed by atoms with Crippen LogP contribution in [0.1, 0.15) is 0 Å². The fraction of sp³-hybridized carbons (Fsp3) is 0.0476. The Bertz CT molecular complexity index is 1100. The number of benzene rings is 2. The number of anilines is 1. The molecule has 144 valence electrons. The van der Waals surface area contributed by atoms with Crippen molar-refractivity contribution in [2.24, 2.45) is 0 Å². The van der Waals surface area contributed by atoms with Crippen LogP contribution >= 0.6 is 27.7 Å². The number of carbonyl (C=O) groups is 1. The van der Waals surface area contributed by atoms with Gasteiger partial charge in [0.15, 0.2) is 11.0 Å². The molecule has 0 aliphatic rings. The predicted molar refractivity (Wildman–Crippen MR) is 118 cm³/mol. The Morgan fingerprint density at radius 2 is 1.69 bits per heavy atom. The van der Waals surface area contributed by atoms with Crippen LogP contribution in [0.2, 0.25) is 0 Å². The van der Waals surface area contributed by atoms with Crippen molar-refractivity contribution in [3.63, 3.8) is 0 Å². The maximum atomic E-state index is 12.4. The Morgan fingerprint density at radius 1 is 0.966 bits per heavy atom. The van der Waals surface area contributed by atoms with E-state index in [1.807, 2.05) is 71.3 Å². The minimum atomic E-state index is -0.159. The quantitative estimate of drug-likeness (QED) is 0.413. The number of aromatic nitrogens is 4. The molecule has 0 unspecified atom stereocenters. The summed E-state index contributed by atoms with van der Waals surface area (Å²) in [6.07, 6.45) is 1.64. The molecule has 0 aliphatic heterocycles. The van der Waals surface area contributed by atoms with E-state index >= 15 is 0 Å². The summed E-state index contributed by atoms with van der Waals surface area (Å²) in [5.74, 6) is 1.27. The zero-order chi connectivity index (χ0) is 20.1. The van der Waals surface area contributed by atoms with Gasteiger partial charge in [-0.15, -0.1) is 10.2 Å². The van der Waals surface area contributed by atoms with Gasteiger partial charge in [0, 0.05) is 21.9 Å². The highest BCUT2D eigenvalue weighted by atomic mass is 79.9. The van der Waals surface area contributed by atoms with Gasteiger partial charge in [-0.25, -0.2) is 4.98 Å². The van der Waals surface area contributed by atoms with E-state index in [4.69, 9.17) is 0 Å². The third-order valence-electron chi connectivity index (χ3n) is 4.01. The summed E-state index contributed by atoms with van der Waals surface area (Å²) < 4.78 is 2.82. The highest BCUT2D eigenvalue weighted by molar-refractivity contribution is 9.10. The van der Waals surface area contributed by atoms with Gasteiger partial charge in [0.1, 0.15) is 5.82 Å². The molecule has 0 radical (unpaired) electrons. The summed E-state index contributed by atoms with van der Waals surface area (Å²) in [5, 5.41) is 12.1. The zero-order valence-electron chi connectivity index (χ0n) is 15.2. The molecule has 2 aromatic heterocycles. The Labute approximate surface area is 180 Å². The van der Waals surface area contributed by atoms with Crippen LogP contribution in [0.15, 0.2) is 88.6 Å². The second-order valence-electron chi connectivity index (χ2n) is 6.04. The summed E-state index contributed by atoms with van der Waals surface area (Å²) in [6.45, 7) is 0. The highest BCUT2D eigenvalue weighted by Gasteiger charge is 2.17. The first kappa shape index (κ1) is 19.4. The van der Waals surface area contributed by atoms with Crippen molar-refractivity contribution < 1.29 is 4.79 Å². The molecule has 2 aromatic carbocycles. The number of para-hydroxylation sites is 1. The van der Waals surface area contributed by atoms with Crippen LogP contribution in [0.25, 0.3) is 17.1 Å². The molecule has 2 heterocycles. The molecule has 0 aliphatic carbocycles. The number of rotatable bonds is 6. The Balaban J connectivity index is 1.56. The van der Waals surface area contributed by atoms with Gasteiger partial charge in [-0.2, -0.15) is 0 Å². The van der Waals surface area contributed by atoms with E-state index in [-0.39, 0.29) is 11.7 Å². The van der Waals surface area contributed by atoms with Crippen molar-refractivity contribution in [3.05, 3.63) is 83.5 Å². The largest absolute Gasteiger partial charge is 0.310 e. The number of halogens is 1. The van der Waals surface area contributed by atoms with Crippen molar-refractivity contribution in [2.45, 2.75) is 5.16 Å².